The van der Waals surface area contributed by atoms with Crippen LogP contribution in [0.5, 0.6) is 0 Å². The zero-order valence-electron chi connectivity index (χ0n) is 22.1. The first kappa shape index (κ1) is 25.4. The highest BCUT2D eigenvalue weighted by molar-refractivity contribution is 5.79. The Hall–Kier alpha value is -3.83. The highest BCUT2D eigenvalue weighted by Gasteiger charge is 2.35. The number of carbonyl (C=O) groups excluding carboxylic acids is 1. The molecule has 1 aliphatic carbocycles. The zero-order chi connectivity index (χ0) is 26.9. The van der Waals surface area contributed by atoms with Gasteiger partial charge in [0.1, 0.15) is 11.6 Å². The maximum absolute atomic E-state index is 14.8. The molecule has 0 bridgehead atoms. The molecule has 39 heavy (non-hydrogen) atoms. The van der Waals surface area contributed by atoms with E-state index in [9.17, 15) is 13.6 Å². The van der Waals surface area contributed by atoms with E-state index in [1.807, 2.05) is 48.2 Å². The van der Waals surface area contributed by atoms with E-state index in [2.05, 4.69) is 29.2 Å². The fourth-order valence-corrected chi connectivity index (χ4v) is 6.33. The summed E-state index contributed by atoms with van der Waals surface area (Å²) in [5, 5.41) is 0. The smallest absolute Gasteiger partial charge is 0.237 e. The van der Waals surface area contributed by atoms with Gasteiger partial charge in [0.15, 0.2) is 0 Å². The minimum atomic E-state index is -0.300. The van der Waals surface area contributed by atoms with E-state index in [4.69, 9.17) is 0 Å². The molecule has 1 unspecified atom stereocenters. The molecule has 2 aliphatic rings. The molecule has 1 heterocycles. The van der Waals surface area contributed by atoms with E-state index >= 15 is 0 Å². The highest BCUT2D eigenvalue weighted by atomic mass is 19.1. The van der Waals surface area contributed by atoms with Crippen LogP contribution in [0.4, 0.5) is 8.78 Å². The fraction of sp³-hybridized carbons (Fsp3) is 0.265. The van der Waals surface area contributed by atoms with E-state index in [0.717, 1.165) is 30.4 Å². The first-order valence-electron chi connectivity index (χ1n) is 13.7. The van der Waals surface area contributed by atoms with Gasteiger partial charge in [-0.1, -0.05) is 78.9 Å². The second-order valence-electron chi connectivity index (χ2n) is 10.7. The fourth-order valence-electron chi connectivity index (χ4n) is 6.33. The lowest BCUT2D eigenvalue weighted by Crippen LogP contribution is -2.48. The third kappa shape index (κ3) is 4.99. The zero-order valence-corrected chi connectivity index (χ0v) is 22.1. The van der Waals surface area contributed by atoms with Crippen molar-refractivity contribution in [3.05, 3.63) is 142 Å². The summed E-state index contributed by atoms with van der Waals surface area (Å²) in [5.74, 6) is -0.577. The van der Waals surface area contributed by atoms with Gasteiger partial charge >= 0.3 is 0 Å². The first-order chi connectivity index (χ1) is 19.0. The van der Waals surface area contributed by atoms with Crippen molar-refractivity contribution in [1.29, 1.82) is 0 Å². The summed E-state index contributed by atoms with van der Waals surface area (Å²) in [6.45, 7) is 2.89. The monoisotopic (exact) mass is 522 g/mol. The molecule has 0 N–H and O–H groups in total. The molecule has 0 spiro atoms. The first-order valence-corrected chi connectivity index (χ1v) is 13.7. The number of fused-ring (bicyclic) bond motifs is 2. The largest absolute Gasteiger partial charge is 0.333 e. The Morgan fingerprint density at radius 1 is 0.795 bits per heavy atom. The van der Waals surface area contributed by atoms with Gasteiger partial charge in [-0.15, -0.1) is 0 Å². The average Bonchev–Trinajstić information content (AvgIpc) is 3.38. The third-order valence-electron chi connectivity index (χ3n) is 8.41. The number of hydrogen-bond acceptors (Lipinski definition) is 2. The minimum Gasteiger partial charge on any atom is -0.333 e. The van der Waals surface area contributed by atoms with Crippen LogP contribution in [-0.4, -0.2) is 34.8 Å². The van der Waals surface area contributed by atoms with Crippen LogP contribution in [0.2, 0.25) is 0 Å². The molecule has 0 fully saturated rings. The van der Waals surface area contributed by atoms with Gasteiger partial charge in [0.2, 0.25) is 5.91 Å². The van der Waals surface area contributed by atoms with Crippen molar-refractivity contribution < 1.29 is 13.6 Å². The number of nitrogens with zero attached hydrogens (tertiary/aromatic N) is 2. The quantitative estimate of drug-likeness (QED) is 0.292. The van der Waals surface area contributed by atoms with Crippen molar-refractivity contribution in [1.82, 2.24) is 9.80 Å². The molecule has 1 aliphatic heterocycles. The molecule has 4 aromatic rings. The second kappa shape index (κ2) is 10.7. The van der Waals surface area contributed by atoms with Crippen LogP contribution in [0.15, 0.2) is 91.0 Å². The number of amides is 1. The van der Waals surface area contributed by atoms with Crippen molar-refractivity contribution in [2.24, 2.45) is 0 Å². The Morgan fingerprint density at radius 3 is 2.15 bits per heavy atom. The van der Waals surface area contributed by atoms with Gasteiger partial charge in [-0.3, -0.25) is 9.69 Å². The van der Waals surface area contributed by atoms with Gasteiger partial charge in [0.25, 0.3) is 0 Å². The number of halogens is 2. The Balaban J connectivity index is 1.34. The maximum atomic E-state index is 14.8. The summed E-state index contributed by atoms with van der Waals surface area (Å²) in [6.07, 6.45) is 2.33. The van der Waals surface area contributed by atoms with Crippen molar-refractivity contribution in [3.8, 4) is 0 Å². The average molecular weight is 523 g/mol. The number of hydrogen-bond donors (Lipinski definition) is 0. The molecular weight excluding hydrogens is 490 g/mol. The van der Waals surface area contributed by atoms with Crippen molar-refractivity contribution in [2.75, 3.05) is 13.1 Å². The van der Waals surface area contributed by atoms with Gasteiger partial charge in [0.05, 0.1) is 12.6 Å². The summed E-state index contributed by atoms with van der Waals surface area (Å²) in [4.78, 5) is 18.2. The van der Waals surface area contributed by atoms with Crippen molar-refractivity contribution in [2.45, 2.75) is 44.8 Å². The predicted octanol–water partition coefficient (Wildman–Crippen LogP) is 6.42. The van der Waals surface area contributed by atoms with Gasteiger partial charge in [-0.25, -0.2) is 8.78 Å². The topological polar surface area (TPSA) is 23.6 Å². The molecule has 5 heteroatoms. The molecule has 3 nitrogen and oxygen atoms in total. The van der Waals surface area contributed by atoms with Crippen molar-refractivity contribution in [3.63, 3.8) is 0 Å². The normalized spacial score (nSPS) is 17.1. The van der Waals surface area contributed by atoms with Crippen LogP contribution < -0.4 is 0 Å². The molecule has 0 radical (unpaired) electrons. The summed E-state index contributed by atoms with van der Waals surface area (Å²) < 4.78 is 29.5. The van der Waals surface area contributed by atoms with Gasteiger partial charge in [0, 0.05) is 24.7 Å². The Labute approximate surface area is 228 Å². The van der Waals surface area contributed by atoms with E-state index in [-0.39, 0.29) is 42.7 Å². The van der Waals surface area contributed by atoms with E-state index in [1.54, 1.807) is 18.2 Å². The van der Waals surface area contributed by atoms with E-state index in [1.165, 1.54) is 28.8 Å². The predicted molar refractivity (Wildman–Crippen MR) is 149 cm³/mol. The Bertz CT molecular complexity index is 1490. The van der Waals surface area contributed by atoms with Crippen LogP contribution >= 0.6 is 0 Å². The van der Waals surface area contributed by atoms with Gasteiger partial charge in [-0.05, 0) is 71.7 Å². The SMILES string of the molecule is Cc1c(F)cccc1C1c2ccccc2CCN1CC(=O)N(Cc1ccccc1F)C1Cc2ccccc2C1. The molecule has 4 aromatic carbocycles. The number of benzene rings is 4. The Kier molecular flexibility index (Phi) is 7.01. The van der Waals surface area contributed by atoms with Crippen LogP contribution in [0.3, 0.4) is 0 Å². The van der Waals surface area contributed by atoms with E-state index in [0.29, 0.717) is 17.7 Å². The van der Waals surface area contributed by atoms with Crippen LogP contribution in [0.25, 0.3) is 0 Å². The van der Waals surface area contributed by atoms with Gasteiger partial charge < -0.3 is 4.90 Å². The molecule has 1 atom stereocenters. The lowest BCUT2D eigenvalue weighted by Gasteiger charge is -2.40. The minimum absolute atomic E-state index is 0.0329. The van der Waals surface area contributed by atoms with Crippen LogP contribution in [-0.2, 0) is 30.6 Å². The molecule has 1 amide bonds. The molecule has 0 saturated heterocycles. The summed E-state index contributed by atoms with van der Waals surface area (Å²) >= 11 is 0. The third-order valence-corrected chi connectivity index (χ3v) is 8.41. The van der Waals surface area contributed by atoms with Crippen LogP contribution in [0, 0.1) is 18.6 Å². The summed E-state index contributed by atoms with van der Waals surface area (Å²) in [7, 11) is 0. The molecule has 198 valence electrons. The lowest BCUT2D eigenvalue weighted by molar-refractivity contribution is -0.136. The summed E-state index contributed by atoms with van der Waals surface area (Å²) in [6, 6.07) is 28.2. The van der Waals surface area contributed by atoms with Crippen LogP contribution in [0.1, 0.15) is 45.0 Å². The molecule has 6 rings (SSSR count). The van der Waals surface area contributed by atoms with Crippen molar-refractivity contribution >= 4 is 5.91 Å². The Morgan fingerprint density at radius 2 is 1.41 bits per heavy atom. The lowest BCUT2D eigenvalue weighted by atomic mass is 9.86. The van der Waals surface area contributed by atoms with E-state index < -0.39 is 0 Å². The molecule has 0 aromatic heterocycles. The molecular formula is C34H32F2N2O. The second-order valence-corrected chi connectivity index (χ2v) is 10.7. The number of rotatable bonds is 6. The molecule has 0 saturated carbocycles. The maximum Gasteiger partial charge on any atom is 0.237 e. The highest BCUT2D eigenvalue weighted by Crippen LogP contribution is 2.37. The van der Waals surface area contributed by atoms with Gasteiger partial charge in [-0.2, -0.15) is 0 Å². The summed E-state index contributed by atoms with van der Waals surface area (Å²) in [5.41, 5.74) is 6.82. The standard InChI is InChI=1S/C34H32F2N2O/c1-23-29(14-8-16-31(23)35)34-30-13-6-4-9-24(30)17-18-37(34)22-33(39)38(21-27-12-5-7-15-32(27)36)28-19-25-10-2-3-11-26(25)20-28/h2-16,28,34H,17-22H2,1H3. The number of carbonyl (C=O) groups is 1.